The van der Waals surface area contributed by atoms with Crippen LogP contribution in [0, 0.1) is 0 Å². The minimum absolute atomic E-state index is 0.00716. The lowest BCUT2D eigenvalue weighted by Crippen LogP contribution is -2.51. The van der Waals surface area contributed by atoms with Crippen LogP contribution in [0.4, 0.5) is 4.11 Å². The zero-order valence-corrected chi connectivity index (χ0v) is 24.0. The van der Waals surface area contributed by atoms with Gasteiger partial charge in [-0.3, -0.25) is 0 Å². The van der Waals surface area contributed by atoms with Gasteiger partial charge < -0.3 is 13.9 Å². The first-order chi connectivity index (χ1) is 14.4. The third-order valence-corrected chi connectivity index (χ3v) is 9.88. The molecular weight excluding hydrogens is 469 g/mol. The fourth-order valence-corrected chi connectivity index (χ4v) is 8.62. The predicted molar refractivity (Wildman–Crippen MR) is 130 cm³/mol. The van der Waals surface area contributed by atoms with E-state index in [-0.39, 0.29) is 15.8 Å². The largest absolute Gasteiger partial charge is 0.627 e. The van der Waals surface area contributed by atoms with E-state index in [0.29, 0.717) is 5.56 Å². The second-order valence-electron chi connectivity index (χ2n) is 9.85. The van der Waals surface area contributed by atoms with Crippen molar-refractivity contribution in [1.82, 2.24) is 0 Å². The molecule has 0 saturated carbocycles. The summed E-state index contributed by atoms with van der Waals surface area (Å²) in [5, 5.41) is 0.137. The van der Waals surface area contributed by atoms with Crippen molar-refractivity contribution in [3.05, 3.63) is 17.7 Å². The lowest BCUT2D eigenvalue weighted by atomic mass is 9.87. The van der Waals surface area contributed by atoms with Crippen molar-refractivity contribution in [3.63, 3.8) is 0 Å². The van der Waals surface area contributed by atoms with Gasteiger partial charge in [0, 0.05) is 0 Å². The molecule has 0 unspecified atom stereocenters. The van der Waals surface area contributed by atoms with Crippen molar-refractivity contribution in [3.8, 4) is 0 Å². The van der Waals surface area contributed by atoms with Gasteiger partial charge in [-0.25, -0.2) is 18.1 Å². The van der Waals surface area contributed by atoms with Gasteiger partial charge in [-0.05, 0) is 78.5 Å². The van der Waals surface area contributed by atoms with Crippen molar-refractivity contribution in [2.45, 2.75) is 106 Å². The number of hydrogen-bond acceptors (Lipinski definition) is 6. The van der Waals surface area contributed by atoms with Gasteiger partial charge in [-0.1, -0.05) is 20.8 Å². The molecule has 1 aromatic rings. The maximum atomic E-state index is 14.6. The normalized spacial score (nSPS) is 13.8. The summed E-state index contributed by atoms with van der Waals surface area (Å²) in [4.78, 5) is 28.1. The summed E-state index contributed by atoms with van der Waals surface area (Å²) < 4.78 is 37.7. The molecule has 1 aromatic carbocycles. The van der Waals surface area contributed by atoms with Crippen LogP contribution in [0.1, 0.15) is 81.7 Å². The molecule has 1 rings (SSSR count). The molecule has 0 atom stereocenters. The van der Waals surface area contributed by atoms with Crippen molar-refractivity contribution >= 4 is 41.5 Å². The van der Waals surface area contributed by atoms with E-state index in [9.17, 15) is 13.9 Å². The first-order valence-electron chi connectivity index (χ1n) is 10.9. The average molecular weight is 509 g/mol. The van der Waals surface area contributed by atoms with Gasteiger partial charge in [0.2, 0.25) is 0 Å². The van der Waals surface area contributed by atoms with Crippen LogP contribution in [0.5, 0.6) is 0 Å². The predicted octanol–water partition coefficient (Wildman–Crippen LogP) is 3.39. The fraction of sp³-hybridized carbons (Fsp3) is 0.727. The zero-order chi connectivity index (χ0) is 25.1. The molecule has 0 spiro atoms. The van der Waals surface area contributed by atoms with Crippen molar-refractivity contribution in [2.24, 2.45) is 0 Å². The average Bonchev–Trinajstić information content (AvgIpc) is 2.56. The molecule has 6 nitrogen and oxygen atoms in total. The van der Waals surface area contributed by atoms with Crippen LogP contribution in [-0.2, 0) is 23.5 Å². The van der Waals surface area contributed by atoms with E-state index in [4.69, 9.17) is 18.1 Å². The van der Waals surface area contributed by atoms with Crippen molar-refractivity contribution in [1.29, 1.82) is 0 Å². The molecule has 0 saturated heterocycles. The smallest absolute Gasteiger partial charge is 0.342 e. The van der Waals surface area contributed by atoms with E-state index in [1.807, 2.05) is 20.8 Å². The maximum absolute atomic E-state index is 14.6. The molecule has 0 aliphatic rings. The number of benzene rings is 1. The Kier molecular flexibility index (Phi) is 10.9. The topological polar surface area (TPSA) is 83.0 Å². The number of hydrogen-bond donors (Lipinski definition) is 0. The standard InChI is InChI=1S/C22H39FO6P2Si/c1-14(2)26-30(24,27-15(3)4)19-12-18(22(9,10)11)13-20(21(19)32-23)31(25,28-16(5)6)29-17(7)8/h12-17H,1-11H3. The summed E-state index contributed by atoms with van der Waals surface area (Å²) >= 11 is 0. The lowest BCUT2D eigenvalue weighted by molar-refractivity contribution is -0.220. The first-order valence-corrected chi connectivity index (χ1v) is 14.9. The third-order valence-electron chi connectivity index (χ3n) is 4.05. The molecule has 0 heterocycles. The van der Waals surface area contributed by atoms with Gasteiger partial charge >= 0.3 is 9.85 Å². The van der Waals surface area contributed by atoms with E-state index in [1.165, 1.54) is 0 Å². The lowest BCUT2D eigenvalue weighted by Gasteiger charge is -2.36. The highest BCUT2D eigenvalue weighted by molar-refractivity contribution is 7.70. The van der Waals surface area contributed by atoms with Crippen LogP contribution < -0.4 is 25.6 Å². The van der Waals surface area contributed by atoms with Crippen molar-refractivity contribution in [2.75, 3.05) is 0 Å². The Morgan fingerprint density at radius 3 is 1.19 bits per heavy atom. The summed E-state index contributed by atoms with van der Waals surface area (Å²) in [5.41, 5.74) is 0.270. The minimum atomic E-state index is -3.96. The van der Waals surface area contributed by atoms with E-state index < -0.39 is 55.6 Å². The van der Waals surface area contributed by atoms with Crippen molar-refractivity contribution < 1.29 is 32.0 Å². The Morgan fingerprint density at radius 2 is 1.00 bits per heavy atom. The highest BCUT2D eigenvalue weighted by Crippen LogP contribution is 2.56. The Bertz CT molecular complexity index is 681. The minimum Gasteiger partial charge on any atom is -0.627 e. The van der Waals surface area contributed by atoms with Crippen LogP contribution in [0.2, 0.25) is 0 Å². The first kappa shape index (κ1) is 30.0. The van der Waals surface area contributed by atoms with Gasteiger partial charge in [0.05, 0.1) is 29.6 Å². The maximum Gasteiger partial charge on any atom is 0.342 e. The summed E-state index contributed by atoms with van der Waals surface area (Å²) in [5.74, 6) is 0. The molecule has 184 valence electrons. The monoisotopic (exact) mass is 508 g/mol. The molecule has 2 radical (unpaired) electrons. The van der Waals surface area contributed by atoms with Crippen LogP contribution >= 0.6 is 15.9 Å². The van der Waals surface area contributed by atoms with E-state index in [0.717, 1.165) is 0 Å². The van der Waals surface area contributed by atoms with Crippen LogP contribution in [-0.4, -0.2) is 34.3 Å². The molecule has 32 heavy (non-hydrogen) atoms. The van der Waals surface area contributed by atoms with Crippen LogP contribution in [0.15, 0.2) is 12.1 Å². The van der Waals surface area contributed by atoms with E-state index in [2.05, 4.69) is 0 Å². The Balaban J connectivity index is 4.03. The SMILES string of the molecule is CC(C)O[P+]([O-])(OC(C)C)c1cc(C(C)(C)C)cc([P+]([O-])(OC(C)C)OC(C)C)c1[Si]F. The van der Waals surface area contributed by atoms with Gasteiger partial charge in [0.25, 0.3) is 15.9 Å². The second-order valence-corrected chi connectivity index (χ2v) is 14.3. The molecule has 0 fully saturated rings. The van der Waals surface area contributed by atoms with Gasteiger partial charge in [-0.2, -0.15) is 0 Å². The van der Waals surface area contributed by atoms with Crippen LogP contribution in [0.25, 0.3) is 0 Å². The molecule has 0 aliphatic heterocycles. The summed E-state index contributed by atoms with van der Waals surface area (Å²) in [6.07, 6.45) is -1.77. The summed E-state index contributed by atoms with van der Waals surface area (Å²) in [6.45, 7) is 19.7. The van der Waals surface area contributed by atoms with E-state index in [1.54, 1.807) is 67.5 Å². The van der Waals surface area contributed by atoms with Crippen LogP contribution in [0.3, 0.4) is 0 Å². The Hall–Kier alpha value is -0.0131. The van der Waals surface area contributed by atoms with Gasteiger partial charge in [0.1, 0.15) is 0 Å². The molecule has 10 heteroatoms. The number of rotatable bonds is 11. The van der Waals surface area contributed by atoms with Gasteiger partial charge in [-0.15, -0.1) is 0 Å². The second kappa shape index (κ2) is 11.6. The molecule has 0 aliphatic carbocycles. The van der Waals surface area contributed by atoms with E-state index >= 15 is 0 Å². The third kappa shape index (κ3) is 8.04. The molecule has 0 N–H and O–H groups in total. The zero-order valence-electron chi connectivity index (χ0n) is 21.2. The summed E-state index contributed by atoms with van der Waals surface area (Å²) in [7, 11) is -9.25. The van der Waals surface area contributed by atoms with Gasteiger partial charge in [0.15, 0.2) is 10.6 Å². The molecule has 0 amide bonds. The molecular formula is C22H39FO6P2Si. The summed E-state index contributed by atoms with van der Waals surface area (Å²) in [6, 6.07) is 3.29. The molecule has 0 bridgehead atoms. The molecule has 0 aromatic heterocycles. The number of halogens is 1. The Morgan fingerprint density at radius 1 is 0.719 bits per heavy atom. The fourth-order valence-electron chi connectivity index (χ4n) is 2.96. The Labute approximate surface area is 197 Å². The highest BCUT2D eigenvalue weighted by Gasteiger charge is 2.47. The quantitative estimate of drug-likeness (QED) is 0.259. The highest BCUT2D eigenvalue weighted by atomic mass is 31.2.